The lowest BCUT2D eigenvalue weighted by Gasteiger charge is -2.35. The van der Waals surface area contributed by atoms with Crippen LogP contribution >= 0.6 is 0 Å². The van der Waals surface area contributed by atoms with Gasteiger partial charge in [-0.15, -0.1) is 0 Å². The van der Waals surface area contributed by atoms with Gasteiger partial charge in [0.25, 0.3) is 0 Å². The summed E-state index contributed by atoms with van der Waals surface area (Å²) in [6.45, 7) is 4.63. The Labute approximate surface area is 228 Å². The monoisotopic (exact) mass is 554 g/mol. The number of benzene rings is 1. The van der Waals surface area contributed by atoms with Gasteiger partial charge >= 0.3 is 0 Å². The van der Waals surface area contributed by atoms with Crippen molar-refractivity contribution in [3.05, 3.63) is 30.6 Å². The van der Waals surface area contributed by atoms with Gasteiger partial charge in [0.15, 0.2) is 0 Å². The highest BCUT2D eigenvalue weighted by Gasteiger charge is 2.31. The maximum Gasteiger partial charge on any atom is 0.241 e. The number of amides is 1. The molecule has 39 heavy (non-hydrogen) atoms. The van der Waals surface area contributed by atoms with Crippen LogP contribution in [0.5, 0.6) is 11.6 Å². The lowest BCUT2D eigenvalue weighted by atomic mass is 10.0. The minimum atomic E-state index is -3.20. The molecule has 3 fully saturated rings. The first-order valence-electron chi connectivity index (χ1n) is 13.4. The van der Waals surface area contributed by atoms with Crippen LogP contribution in [0.4, 0.5) is 5.69 Å². The molecule has 2 aliphatic heterocycles. The quantitative estimate of drug-likeness (QED) is 0.451. The van der Waals surface area contributed by atoms with Crippen LogP contribution in [0.15, 0.2) is 30.6 Å². The van der Waals surface area contributed by atoms with Gasteiger partial charge in [-0.05, 0) is 38.0 Å². The van der Waals surface area contributed by atoms with E-state index >= 15 is 0 Å². The summed E-state index contributed by atoms with van der Waals surface area (Å²) < 4.78 is 39.7. The number of aromatic nitrogens is 3. The van der Waals surface area contributed by atoms with E-state index in [1.54, 1.807) is 7.11 Å². The molecule has 2 aromatic heterocycles. The van der Waals surface area contributed by atoms with Crippen LogP contribution in [0.25, 0.3) is 22.3 Å². The number of nitrogens with one attached hydrogen (secondary N) is 1. The zero-order chi connectivity index (χ0) is 27.3. The smallest absolute Gasteiger partial charge is 0.241 e. The van der Waals surface area contributed by atoms with E-state index in [1.807, 2.05) is 37.5 Å². The number of carbonyl (C=O) groups excluding carboxylic acids is 1. The summed E-state index contributed by atoms with van der Waals surface area (Å²) in [5.74, 6) is 1.35. The summed E-state index contributed by atoms with van der Waals surface area (Å²) in [6, 6.07) is 8.35. The van der Waals surface area contributed by atoms with Crippen LogP contribution in [0.2, 0.25) is 0 Å². The van der Waals surface area contributed by atoms with Crippen molar-refractivity contribution in [2.45, 2.75) is 38.3 Å². The highest BCUT2D eigenvalue weighted by molar-refractivity contribution is 7.88. The van der Waals surface area contributed by atoms with Crippen LogP contribution in [0.1, 0.15) is 32.2 Å². The molecule has 1 N–H and O–H groups in total. The molecule has 4 heterocycles. The number of hydrogen-bond donors (Lipinski definition) is 1. The van der Waals surface area contributed by atoms with Crippen LogP contribution < -0.4 is 19.7 Å². The van der Waals surface area contributed by atoms with Crippen molar-refractivity contribution >= 4 is 32.7 Å². The van der Waals surface area contributed by atoms with E-state index in [1.165, 1.54) is 10.6 Å². The first kappa shape index (κ1) is 25.9. The van der Waals surface area contributed by atoms with Crippen molar-refractivity contribution in [1.29, 1.82) is 0 Å². The molecule has 11 nitrogen and oxygen atoms in total. The van der Waals surface area contributed by atoms with E-state index in [0.717, 1.165) is 40.8 Å². The number of nitrogens with zero attached hydrogens (tertiary/aromatic N) is 5. The topological polar surface area (TPSA) is 119 Å². The van der Waals surface area contributed by atoms with Gasteiger partial charge in [0.2, 0.25) is 21.8 Å². The summed E-state index contributed by atoms with van der Waals surface area (Å²) in [5.41, 5.74) is 4.20. The van der Waals surface area contributed by atoms with Gasteiger partial charge in [0.05, 0.1) is 36.6 Å². The number of sulfonamides is 1. The molecule has 0 spiro atoms. The molecular formula is C27H34N6O5S. The number of hydrogen-bond acceptors (Lipinski definition) is 8. The number of carbonyl (C=O) groups is 1. The maximum atomic E-state index is 11.9. The SMILES string of the molecule is COc1cc(-c2cc3ncn(C4CC4)c3c(O[C@H](C)C3CNC(=O)C3)n2)ccc1N1CCN(S(C)(=O)=O)CC1. The molecule has 0 radical (unpaired) electrons. The van der Waals surface area contributed by atoms with Crippen LogP contribution in [0, 0.1) is 5.92 Å². The van der Waals surface area contributed by atoms with Crippen molar-refractivity contribution < 1.29 is 22.7 Å². The average molecular weight is 555 g/mol. The number of anilines is 1. The standard InChI is InChI=1S/C27H34N6O5S/c1-17(19-13-25(34)28-15-19)38-27-26-22(29-16-33(26)20-5-6-20)14-21(30-27)18-4-7-23(24(12-18)37-2)31-8-10-32(11-9-31)39(3,35)36/h4,7,12,14,16-17,19-20H,5-6,8-11,13,15H2,1-3H3,(H,28,34)/t17-,19?/m1/s1. The van der Waals surface area contributed by atoms with Crippen molar-refractivity contribution in [2.75, 3.05) is 51.0 Å². The molecule has 208 valence electrons. The Balaban J connectivity index is 1.32. The van der Waals surface area contributed by atoms with Crippen LogP contribution in [-0.4, -0.2) is 85.4 Å². The average Bonchev–Trinajstić information content (AvgIpc) is 3.52. The molecule has 1 aromatic carbocycles. The Bertz CT molecular complexity index is 1510. The predicted octanol–water partition coefficient (Wildman–Crippen LogP) is 2.43. The fraction of sp³-hybridized carbons (Fsp3) is 0.519. The molecule has 1 amide bonds. The number of fused-ring (bicyclic) bond motifs is 1. The van der Waals surface area contributed by atoms with Gasteiger partial charge in [-0.2, -0.15) is 4.31 Å². The Hall–Kier alpha value is -3.38. The first-order chi connectivity index (χ1) is 18.7. The zero-order valence-electron chi connectivity index (χ0n) is 22.5. The third-order valence-electron chi connectivity index (χ3n) is 7.95. The van der Waals surface area contributed by atoms with E-state index in [2.05, 4.69) is 19.8 Å². The lowest BCUT2D eigenvalue weighted by Crippen LogP contribution is -2.48. The second-order valence-corrected chi connectivity index (χ2v) is 12.7. The number of ether oxygens (including phenoxy) is 2. The third kappa shape index (κ3) is 5.14. The molecule has 1 saturated carbocycles. The van der Waals surface area contributed by atoms with E-state index in [9.17, 15) is 13.2 Å². The molecule has 12 heteroatoms. The molecule has 1 aliphatic carbocycles. The fourth-order valence-electron chi connectivity index (χ4n) is 5.48. The number of imidazole rings is 1. The van der Waals surface area contributed by atoms with Crippen LogP contribution in [0.3, 0.4) is 0 Å². The summed E-state index contributed by atoms with van der Waals surface area (Å²) in [4.78, 5) is 23.6. The van der Waals surface area contributed by atoms with Gasteiger partial charge in [0, 0.05) is 56.7 Å². The summed E-state index contributed by atoms with van der Waals surface area (Å²) >= 11 is 0. The molecule has 1 unspecified atom stereocenters. The maximum absolute atomic E-state index is 11.9. The molecule has 0 bridgehead atoms. The molecular weight excluding hydrogens is 520 g/mol. The Morgan fingerprint density at radius 1 is 1.13 bits per heavy atom. The van der Waals surface area contributed by atoms with Gasteiger partial charge < -0.3 is 24.3 Å². The highest BCUT2D eigenvalue weighted by atomic mass is 32.2. The first-order valence-corrected chi connectivity index (χ1v) is 15.3. The van der Waals surface area contributed by atoms with E-state index < -0.39 is 10.0 Å². The van der Waals surface area contributed by atoms with Gasteiger partial charge in [-0.1, -0.05) is 6.07 Å². The largest absolute Gasteiger partial charge is 0.495 e. The zero-order valence-corrected chi connectivity index (χ0v) is 23.3. The molecule has 2 saturated heterocycles. The van der Waals surface area contributed by atoms with Crippen molar-refractivity contribution in [1.82, 2.24) is 24.2 Å². The van der Waals surface area contributed by atoms with Crippen molar-refractivity contribution in [3.8, 4) is 22.9 Å². The third-order valence-corrected chi connectivity index (χ3v) is 9.26. The second kappa shape index (κ2) is 9.98. The normalized spacial score (nSPS) is 21.3. The number of rotatable bonds is 8. The van der Waals surface area contributed by atoms with Gasteiger partial charge in [-0.25, -0.2) is 18.4 Å². The Kier molecular flexibility index (Phi) is 6.62. The van der Waals surface area contributed by atoms with Crippen molar-refractivity contribution in [2.24, 2.45) is 5.92 Å². The fourth-order valence-corrected chi connectivity index (χ4v) is 6.30. The molecule has 3 aromatic rings. The van der Waals surface area contributed by atoms with E-state index in [-0.39, 0.29) is 17.9 Å². The molecule has 3 aliphatic rings. The molecule has 6 rings (SSSR count). The van der Waals surface area contributed by atoms with Gasteiger partial charge in [0.1, 0.15) is 17.4 Å². The van der Waals surface area contributed by atoms with E-state index in [0.29, 0.717) is 56.8 Å². The van der Waals surface area contributed by atoms with Crippen molar-refractivity contribution in [3.63, 3.8) is 0 Å². The minimum Gasteiger partial charge on any atom is -0.495 e. The Morgan fingerprint density at radius 3 is 2.54 bits per heavy atom. The van der Waals surface area contributed by atoms with E-state index in [4.69, 9.17) is 14.5 Å². The predicted molar refractivity (Wildman–Crippen MR) is 148 cm³/mol. The number of piperazine rings is 1. The summed E-state index contributed by atoms with van der Waals surface area (Å²) in [7, 11) is -1.57. The Morgan fingerprint density at radius 2 is 1.90 bits per heavy atom. The highest BCUT2D eigenvalue weighted by Crippen LogP contribution is 2.41. The second-order valence-electron chi connectivity index (χ2n) is 10.7. The van der Waals surface area contributed by atoms with Gasteiger partial charge in [-0.3, -0.25) is 4.79 Å². The minimum absolute atomic E-state index is 0.0512. The number of methoxy groups -OCH3 is 1. The summed E-state index contributed by atoms with van der Waals surface area (Å²) in [5, 5.41) is 2.89. The number of pyridine rings is 1. The lowest BCUT2D eigenvalue weighted by molar-refractivity contribution is -0.119. The summed E-state index contributed by atoms with van der Waals surface area (Å²) in [6.07, 6.45) is 5.59. The van der Waals surface area contributed by atoms with Crippen LogP contribution in [-0.2, 0) is 14.8 Å². The molecule has 2 atom stereocenters.